The van der Waals surface area contributed by atoms with Crippen LogP contribution in [0, 0.1) is 5.92 Å². The van der Waals surface area contributed by atoms with Crippen LogP contribution in [0.25, 0.3) is 10.9 Å². The van der Waals surface area contributed by atoms with Crippen LogP contribution in [0.1, 0.15) is 38.2 Å². The SMILES string of the molecule is CC1CCCC(Nc2c(C(N)=S)cnc3ccccc23)C1. The summed E-state index contributed by atoms with van der Waals surface area (Å²) in [5.74, 6) is 0.776. The summed E-state index contributed by atoms with van der Waals surface area (Å²) in [6.07, 6.45) is 6.81. The quantitative estimate of drug-likeness (QED) is 0.845. The first-order valence-electron chi connectivity index (χ1n) is 7.59. The number of rotatable bonds is 3. The molecular weight excluding hydrogens is 278 g/mol. The Balaban J connectivity index is 2.01. The first-order chi connectivity index (χ1) is 10.1. The van der Waals surface area contributed by atoms with Crippen molar-refractivity contribution in [3.05, 3.63) is 36.0 Å². The van der Waals surface area contributed by atoms with Crippen molar-refractivity contribution in [2.75, 3.05) is 5.32 Å². The molecule has 2 unspecified atom stereocenters. The maximum absolute atomic E-state index is 5.89. The molecule has 1 aliphatic rings. The monoisotopic (exact) mass is 299 g/mol. The molecule has 0 radical (unpaired) electrons. The van der Waals surface area contributed by atoms with E-state index in [1.165, 1.54) is 25.7 Å². The molecular formula is C17H21N3S. The maximum Gasteiger partial charge on any atom is 0.107 e. The number of pyridine rings is 1. The third-order valence-corrected chi connectivity index (χ3v) is 4.55. The predicted octanol–water partition coefficient (Wildman–Crippen LogP) is 3.86. The van der Waals surface area contributed by atoms with Gasteiger partial charge in [0.2, 0.25) is 0 Å². The fourth-order valence-corrected chi connectivity index (χ4v) is 3.41. The summed E-state index contributed by atoms with van der Waals surface area (Å²) in [7, 11) is 0. The molecule has 1 saturated carbocycles. The van der Waals surface area contributed by atoms with E-state index in [0.717, 1.165) is 28.1 Å². The van der Waals surface area contributed by atoms with Crippen molar-refractivity contribution in [1.29, 1.82) is 0 Å². The molecule has 21 heavy (non-hydrogen) atoms. The first kappa shape index (κ1) is 14.3. The van der Waals surface area contributed by atoms with Crippen molar-refractivity contribution in [2.45, 2.75) is 38.6 Å². The van der Waals surface area contributed by atoms with Crippen LogP contribution in [0.5, 0.6) is 0 Å². The van der Waals surface area contributed by atoms with Crippen LogP contribution in [0.4, 0.5) is 5.69 Å². The van der Waals surface area contributed by atoms with Gasteiger partial charge in [-0.3, -0.25) is 4.98 Å². The van der Waals surface area contributed by atoms with E-state index >= 15 is 0 Å². The number of hydrogen-bond donors (Lipinski definition) is 2. The zero-order chi connectivity index (χ0) is 14.8. The summed E-state index contributed by atoms with van der Waals surface area (Å²) < 4.78 is 0. The van der Waals surface area contributed by atoms with Crippen LogP contribution in [0.15, 0.2) is 30.5 Å². The van der Waals surface area contributed by atoms with Crippen LogP contribution >= 0.6 is 12.2 Å². The molecule has 0 bridgehead atoms. The second kappa shape index (κ2) is 5.98. The van der Waals surface area contributed by atoms with Crippen molar-refractivity contribution < 1.29 is 0 Å². The van der Waals surface area contributed by atoms with Gasteiger partial charge in [-0.05, 0) is 24.8 Å². The molecule has 1 heterocycles. The predicted molar refractivity (Wildman–Crippen MR) is 92.7 cm³/mol. The van der Waals surface area contributed by atoms with Gasteiger partial charge in [0, 0.05) is 17.6 Å². The smallest absolute Gasteiger partial charge is 0.107 e. The highest BCUT2D eigenvalue weighted by Crippen LogP contribution is 2.31. The average Bonchev–Trinajstić information content (AvgIpc) is 2.47. The number of benzene rings is 1. The third kappa shape index (κ3) is 3.00. The van der Waals surface area contributed by atoms with Gasteiger partial charge in [-0.25, -0.2) is 0 Å². The van der Waals surface area contributed by atoms with Crippen molar-refractivity contribution in [2.24, 2.45) is 11.7 Å². The molecule has 3 N–H and O–H groups in total. The molecule has 1 fully saturated rings. The summed E-state index contributed by atoms with van der Waals surface area (Å²) >= 11 is 5.20. The van der Waals surface area contributed by atoms with Gasteiger partial charge in [-0.2, -0.15) is 0 Å². The number of nitrogens with two attached hydrogens (primary N) is 1. The average molecular weight is 299 g/mol. The molecule has 4 heteroatoms. The van der Waals surface area contributed by atoms with Gasteiger partial charge < -0.3 is 11.1 Å². The molecule has 1 aliphatic carbocycles. The summed E-state index contributed by atoms with van der Waals surface area (Å²) in [5, 5.41) is 4.79. The van der Waals surface area contributed by atoms with Gasteiger partial charge in [0.15, 0.2) is 0 Å². The zero-order valence-corrected chi connectivity index (χ0v) is 13.1. The van der Waals surface area contributed by atoms with E-state index in [0.29, 0.717) is 11.0 Å². The minimum atomic E-state index is 0.402. The lowest BCUT2D eigenvalue weighted by Crippen LogP contribution is -2.27. The molecule has 0 aliphatic heterocycles. The van der Waals surface area contributed by atoms with E-state index in [1.54, 1.807) is 6.20 Å². The normalized spacial score (nSPS) is 22.1. The van der Waals surface area contributed by atoms with E-state index in [2.05, 4.69) is 23.3 Å². The number of thiocarbonyl (C=S) groups is 1. The molecule has 0 amide bonds. The number of hydrogen-bond acceptors (Lipinski definition) is 3. The molecule has 0 spiro atoms. The lowest BCUT2D eigenvalue weighted by atomic mass is 9.87. The lowest BCUT2D eigenvalue weighted by molar-refractivity contribution is 0.359. The highest BCUT2D eigenvalue weighted by molar-refractivity contribution is 7.80. The lowest BCUT2D eigenvalue weighted by Gasteiger charge is -2.29. The number of para-hydroxylation sites is 1. The largest absolute Gasteiger partial charge is 0.389 e. The number of nitrogens with one attached hydrogen (secondary N) is 1. The number of fused-ring (bicyclic) bond motifs is 1. The molecule has 1 aromatic carbocycles. The molecule has 1 aromatic heterocycles. The standard InChI is InChI=1S/C17H21N3S/c1-11-5-4-6-12(9-11)20-16-13-7-2-3-8-15(13)19-10-14(16)17(18)21/h2-3,7-8,10-12H,4-6,9H2,1H3,(H2,18,21)(H,19,20). The molecule has 3 nitrogen and oxygen atoms in total. The van der Waals surface area contributed by atoms with E-state index in [1.807, 2.05) is 18.2 Å². The van der Waals surface area contributed by atoms with Crippen LogP contribution < -0.4 is 11.1 Å². The Hall–Kier alpha value is -1.68. The van der Waals surface area contributed by atoms with Gasteiger partial charge in [-0.15, -0.1) is 0 Å². The molecule has 2 atom stereocenters. The fraction of sp³-hybridized carbons (Fsp3) is 0.412. The fourth-order valence-electron chi connectivity index (χ4n) is 3.25. The first-order valence-corrected chi connectivity index (χ1v) is 8.00. The maximum atomic E-state index is 5.89. The molecule has 3 rings (SSSR count). The molecule has 110 valence electrons. The van der Waals surface area contributed by atoms with Crippen molar-refractivity contribution >= 4 is 33.8 Å². The minimum absolute atomic E-state index is 0.402. The Morgan fingerprint density at radius 1 is 1.33 bits per heavy atom. The highest BCUT2D eigenvalue weighted by atomic mass is 32.1. The molecule has 2 aromatic rings. The number of anilines is 1. The van der Waals surface area contributed by atoms with E-state index in [-0.39, 0.29) is 0 Å². The Bertz CT molecular complexity index is 668. The second-order valence-corrected chi connectivity index (χ2v) is 6.48. The Morgan fingerprint density at radius 3 is 2.90 bits per heavy atom. The Morgan fingerprint density at radius 2 is 2.14 bits per heavy atom. The Labute approximate surface area is 130 Å². The van der Waals surface area contributed by atoms with Crippen LogP contribution in [0.3, 0.4) is 0 Å². The topological polar surface area (TPSA) is 50.9 Å². The summed E-state index contributed by atoms with van der Waals surface area (Å²) in [4.78, 5) is 4.87. The van der Waals surface area contributed by atoms with Gasteiger partial charge in [0.05, 0.1) is 16.8 Å². The summed E-state index contributed by atoms with van der Waals surface area (Å²) in [6.45, 7) is 2.33. The van der Waals surface area contributed by atoms with Crippen LogP contribution in [-0.2, 0) is 0 Å². The second-order valence-electron chi connectivity index (χ2n) is 6.04. The highest BCUT2D eigenvalue weighted by Gasteiger charge is 2.21. The van der Waals surface area contributed by atoms with E-state index < -0.39 is 0 Å². The van der Waals surface area contributed by atoms with Crippen molar-refractivity contribution in [3.63, 3.8) is 0 Å². The van der Waals surface area contributed by atoms with Crippen LogP contribution in [-0.4, -0.2) is 16.0 Å². The number of nitrogens with zero attached hydrogens (tertiary/aromatic N) is 1. The Kier molecular flexibility index (Phi) is 4.06. The summed E-state index contributed by atoms with van der Waals surface area (Å²) in [5.41, 5.74) is 8.76. The summed E-state index contributed by atoms with van der Waals surface area (Å²) in [6, 6.07) is 8.63. The number of aromatic nitrogens is 1. The van der Waals surface area contributed by atoms with Gasteiger partial charge in [-0.1, -0.05) is 50.2 Å². The van der Waals surface area contributed by atoms with Crippen molar-refractivity contribution in [3.8, 4) is 0 Å². The zero-order valence-electron chi connectivity index (χ0n) is 12.3. The van der Waals surface area contributed by atoms with Gasteiger partial charge in [0.1, 0.15) is 4.99 Å². The third-order valence-electron chi connectivity index (χ3n) is 4.33. The van der Waals surface area contributed by atoms with Gasteiger partial charge in [0.25, 0.3) is 0 Å². The van der Waals surface area contributed by atoms with Gasteiger partial charge >= 0.3 is 0 Å². The van der Waals surface area contributed by atoms with Crippen LogP contribution in [0.2, 0.25) is 0 Å². The molecule has 0 saturated heterocycles. The van der Waals surface area contributed by atoms with E-state index in [4.69, 9.17) is 18.0 Å². The van der Waals surface area contributed by atoms with Crippen molar-refractivity contribution in [1.82, 2.24) is 4.98 Å². The minimum Gasteiger partial charge on any atom is -0.389 e. The van der Waals surface area contributed by atoms with E-state index in [9.17, 15) is 0 Å².